The SMILES string of the molecule is Cc1cnc(Nc2cccc(-c3cnc(N4CCNC(=O)C4(C)C)o3)c2)nc1C. The van der Waals surface area contributed by atoms with Crippen molar-refractivity contribution in [3.63, 3.8) is 0 Å². The Morgan fingerprint density at radius 2 is 2.03 bits per heavy atom. The van der Waals surface area contributed by atoms with Gasteiger partial charge >= 0.3 is 0 Å². The van der Waals surface area contributed by atoms with Crippen molar-refractivity contribution < 1.29 is 9.21 Å². The molecule has 0 bridgehead atoms. The normalized spacial score (nSPS) is 15.9. The number of hydrogen-bond acceptors (Lipinski definition) is 7. The predicted octanol–water partition coefficient (Wildman–Crippen LogP) is 3.21. The molecule has 8 heteroatoms. The second-order valence-corrected chi connectivity index (χ2v) is 7.64. The van der Waals surface area contributed by atoms with Crippen molar-refractivity contribution in [2.75, 3.05) is 23.3 Å². The number of oxazole rings is 1. The van der Waals surface area contributed by atoms with Gasteiger partial charge in [-0.3, -0.25) is 4.79 Å². The summed E-state index contributed by atoms with van der Waals surface area (Å²) in [6.07, 6.45) is 3.48. The molecule has 3 aromatic rings. The largest absolute Gasteiger partial charge is 0.423 e. The number of nitrogens with one attached hydrogen (secondary N) is 2. The predicted molar refractivity (Wildman–Crippen MR) is 111 cm³/mol. The van der Waals surface area contributed by atoms with Gasteiger partial charge in [-0.15, -0.1) is 0 Å². The third-order valence-electron chi connectivity index (χ3n) is 5.20. The maximum atomic E-state index is 12.2. The van der Waals surface area contributed by atoms with E-state index in [0.717, 1.165) is 22.5 Å². The number of aromatic nitrogens is 3. The number of amides is 1. The standard InChI is InChI=1S/C21H24N6O2/c1-13-11-23-19(25-14(13)2)26-16-7-5-6-15(10-16)17-12-24-20(29-17)27-9-8-22-18(28)21(27,3)4/h5-7,10-12H,8-9H2,1-4H3,(H,22,28)(H,23,25,26). The lowest BCUT2D eigenvalue weighted by Crippen LogP contribution is -2.62. The van der Waals surface area contributed by atoms with Gasteiger partial charge in [0.2, 0.25) is 11.9 Å². The average molecular weight is 392 g/mol. The number of aryl methyl sites for hydroxylation is 2. The summed E-state index contributed by atoms with van der Waals surface area (Å²) in [7, 11) is 0. The molecule has 1 aliphatic heterocycles. The molecule has 1 amide bonds. The molecule has 150 valence electrons. The molecule has 0 atom stereocenters. The van der Waals surface area contributed by atoms with Crippen LogP contribution in [0.4, 0.5) is 17.7 Å². The van der Waals surface area contributed by atoms with Crippen LogP contribution in [0, 0.1) is 13.8 Å². The molecule has 0 aliphatic carbocycles. The van der Waals surface area contributed by atoms with Crippen LogP contribution in [-0.2, 0) is 4.79 Å². The van der Waals surface area contributed by atoms with Gasteiger partial charge in [0, 0.05) is 36.2 Å². The van der Waals surface area contributed by atoms with Gasteiger partial charge in [-0.25, -0.2) is 15.0 Å². The van der Waals surface area contributed by atoms with Gasteiger partial charge in [-0.2, -0.15) is 0 Å². The van der Waals surface area contributed by atoms with Crippen molar-refractivity contribution in [2.45, 2.75) is 33.2 Å². The van der Waals surface area contributed by atoms with E-state index in [4.69, 9.17) is 4.42 Å². The molecule has 2 N–H and O–H groups in total. The van der Waals surface area contributed by atoms with Gasteiger partial charge < -0.3 is 20.0 Å². The molecule has 0 radical (unpaired) electrons. The summed E-state index contributed by atoms with van der Waals surface area (Å²) in [5, 5.41) is 6.10. The molecule has 3 heterocycles. The van der Waals surface area contributed by atoms with Crippen LogP contribution in [0.3, 0.4) is 0 Å². The number of nitrogens with zero attached hydrogens (tertiary/aromatic N) is 4. The maximum Gasteiger partial charge on any atom is 0.298 e. The quantitative estimate of drug-likeness (QED) is 0.704. The van der Waals surface area contributed by atoms with Crippen molar-refractivity contribution >= 4 is 23.6 Å². The molecule has 2 aromatic heterocycles. The highest BCUT2D eigenvalue weighted by Crippen LogP contribution is 2.31. The van der Waals surface area contributed by atoms with Crippen LogP contribution >= 0.6 is 0 Å². The number of benzene rings is 1. The summed E-state index contributed by atoms with van der Waals surface area (Å²) in [6, 6.07) is 8.22. The Morgan fingerprint density at radius 1 is 1.21 bits per heavy atom. The number of rotatable bonds is 4. The van der Waals surface area contributed by atoms with E-state index in [1.54, 1.807) is 12.4 Å². The number of anilines is 3. The fourth-order valence-corrected chi connectivity index (χ4v) is 3.22. The lowest BCUT2D eigenvalue weighted by molar-refractivity contribution is -0.126. The van der Waals surface area contributed by atoms with Crippen LogP contribution in [0.1, 0.15) is 25.1 Å². The van der Waals surface area contributed by atoms with E-state index in [2.05, 4.69) is 25.6 Å². The van der Waals surface area contributed by atoms with Crippen LogP contribution in [0.15, 0.2) is 41.1 Å². The fraction of sp³-hybridized carbons (Fsp3) is 0.333. The molecule has 29 heavy (non-hydrogen) atoms. The van der Waals surface area contributed by atoms with Crippen molar-refractivity contribution in [3.8, 4) is 11.3 Å². The van der Waals surface area contributed by atoms with Gasteiger partial charge in [-0.1, -0.05) is 12.1 Å². The lowest BCUT2D eigenvalue weighted by atomic mass is 10.00. The molecule has 4 rings (SSSR count). The first kappa shape index (κ1) is 18.9. The molecule has 8 nitrogen and oxygen atoms in total. The third-order valence-corrected chi connectivity index (χ3v) is 5.20. The van der Waals surface area contributed by atoms with Crippen molar-refractivity contribution in [1.29, 1.82) is 0 Å². The molecule has 1 fully saturated rings. The minimum absolute atomic E-state index is 0.0388. The Hall–Kier alpha value is -3.42. The van der Waals surface area contributed by atoms with Crippen LogP contribution in [0.2, 0.25) is 0 Å². The number of piperazine rings is 1. The minimum atomic E-state index is -0.718. The summed E-state index contributed by atoms with van der Waals surface area (Å²) in [5.74, 6) is 1.14. The maximum absolute atomic E-state index is 12.2. The summed E-state index contributed by atoms with van der Waals surface area (Å²) in [4.78, 5) is 27.3. The van der Waals surface area contributed by atoms with Crippen molar-refractivity contribution in [1.82, 2.24) is 20.3 Å². The molecule has 1 saturated heterocycles. The second-order valence-electron chi connectivity index (χ2n) is 7.64. The molecule has 0 spiro atoms. The van der Waals surface area contributed by atoms with Gasteiger partial charge in [0.25, 0.3) is 6.01 Å². The monoisotopic (exact) mass is 392 g/mol. The van der Waals surface area contributed by atoms with Gasteiger partial charge in [0.05, 0.1) is 6.20 Å². The fourth-order valence-electron chi connectivity index (χ4n) is 3.22. The van der Waals surface area contributed by atoms with E-state index in [1.807, 2.05) is 56.9 Å². The van der Waals surface area contributed by atoms with E-state index in [-0.39, 0.29) is 5.91 Å². The van der Waals surface area contributed by atoms with Crippen LogP contribution in [0.5, 0.6) is 0 Å². The molecule has 0 saturated carbocycles. The molecular weight excluding hydrogens is 368 g/mol. The van der Waals surface area contributed by atoms with Crippen LogP contribution in [0.25, 0.3) is 11.3 Å². The van der Waals surface area contributed by atoms with E-state index in [1.165, 1.54) is 0 Å². The molecule has 0 unspecified atom stereocenters. The van der Waals surface area contributed by atoms with Gasteiger partial charge in [-0.05, 0) is 45.4 Å². The molecule has 1 aliphatic rings. The zero-order chi connectivity index (χ0) is 20.6. The summed E-state index contributed by atoms with van der Waals surface area (Å²) in [5.41, 5.74) is 2.99. The highest BCUT2D eigenvalue weighted by atomic mass is 16.4. The van der Waals surface area contributed by atoms with Crippen LogP contribution in [-0.4, -0.2) is 39.5 Å². The third kappa shape index (κ3) is 3.65. The Labute approximate surface area is 169 Å². The number of carbonyl (C=O) groups excluding carboxylic acids is 1. The van der Waals surface area contributed by atoms with E-state index < -0.39 is 5.54 Å². The first-order valence-corrected chi connectivity index (χ1v) is 9.54. The highest BCUT2D eigenvalue weighted by Gasteiger charge is 2.40. The van der Waals surface area contributed by atoms with Crippen molar-refractivity contribution in [3.05, 3.63) is 47.9 Å². The summed E-state index contributed by atoms with van der Waals surface area (Å²) < 4.78 is 6.01. The van der Waals surface area contributed by atoms with Crippen LogP contribution < -0.4 is 15.5 Å². The zero-order valence-corrected chi connectivity index (χ0v) is 17.0. The summed E-state index contributed by atoms with van der Waals surface area (Å²) >= 11 is 0. The van der Waals surface area contributed by atoms with E-state index in [0.29, 0.717) is 30.8 Å². The second kappa shape index (κ2) is 7.20. The average Bonchev–Trinajstić information content (AvgIpc) is 3.17. The zero-order valence-electron chi connectivity index (χ0n) is 17.0. The van der Waals surface area contributed by atoms with Crippen molar-refractivity contribution in [2.24, 2.45) is 0 Å². The molecular formula is C21H24N6O2. The number of carbonyl (C=O) groups is 1. The first-order chi connectivity index (χ1) is 13.8. The smallest absolute Gasteiger partial charge is 0.298 e. The van der Waals surface area contributed by atoms with E-state index >= 15 is 0 Å². The number of hydrogen-bond donors (Lipinski definition) is 2. The van der Waals surface area contributed by atoms with Gasteiger partial charge in [0.1, 0.15) is 5.54 Å². The Morgan fingerprint density at radius 3 is 2.83 bits per heavy atom. The Bertz CT molecular complexity index is 1060. The minimum Gasteiger partial charge on any atom is -0.423 e. The first-order valence-electron chi connectivity index (χ1n) is 9.54. The highest BCUT2D eigenvalue weighted by molar-refractivity contribution is 5.89. The van der Waals surface area contributed by atoms with E-state index in [9.17, 15) is 4.79 Å². The Kier molecular flexibility index (Phi) is 4.70. The summed E-state index contributed by atoms with van der Waals surface area (Å²) in [6.45, 7) is 8.87. The molecule has 1 aromatic carbocycles. The topological polar surface area (TPSA) is 96.2 Å². The lowest BCUT2D eigenvalue weighted by Gasteiger charge is -2.40. The van der Waals surface area contributed by atoms with Gasteiger partial charge in [0.15, 0.2) is 5.76 Å². The Balaban J connectivity index is 1.57.